The van der Waals surface area contributed by atoms with Gasteiger partial charge in [-0.25, -0.2) is 4.79 Å². The number of carbonyl (C=O) groups is 2. The summed E-state index contributed by atoms with van der Waals surface area (Å²) < 4.78 is 5.54. The van der Waals surface area contributed by atoms with E-state index in [0.29, 0.717) is 25.0 Å². The van der Waals surface area contributed by atoms with Crippen LogP contribution in [0.3, 0.4) is 0 Å². The predicted octanol–water partition coefficient (Wildman–Crippen LogP) is 1.89. The van der Waals surface area contributed by atoms with Crippen LogP contribution in [0.5, 0.6) is 0 Å². The summed E-state index contributed by atoms with van der Waals surface area (Å²) in [6, 6.07) is 5.45. The van der Waals surface area contributed by atoms with Gasteiger partial charge in [0.1, 0.15) is 11.2 Å². The first-order valence-electron chi connectivity index (χ1n) is 8.75. The van der Waals surface area contributed by atoms with Crippen LogP contribution in [0.2, 0.25) is 0 Å². The SMILES string of the molecule is Cc1cccc2c(=O)c(C(=O)N3CCCC4(CN(C)C(=O)O4)C3)c[nH]c12. The number of fused-ring (bicyclic) bond motifs is 1. The molecule has 136 valence electrons. The number of benzene rings is 1. The summed E-state index contributed by atoms with van der Waals surface area (Å²) >= 11 is 0. The minimum absolute atomic E-state index is 0.123. The first kappa shape index (κ1) is 16.6. The van der Waals surface area contributed by atoms with Crippen molar-refractivity contribution < 1.29 is 14.3 Å². The number of aromatic amines is 1. The lowest BCUT2D eigenvalue weighted by Gasteiger charge is -2.38. The van der Waals surface area contributed by atoms with E-state index in [0.717, 1.165) is 23.9 Å². The Bertz CT molecular complexity index is 967. The lowest BCUT2D eigenvalue weighted by atomic mass is 9.92. The van der Waals surface area contributed by atoms with Gasteiger partial charge in [-0.1, -0.05) is 12.1 Å². The molecular formula is C19H21N3O4. The van der Waals surface area contributed by atoms with Gasteiger partial charge in [-0.15, -0.1) is 0 Å². The molecule has 0 radical (unpaired) electrons. The number of likely N-dealkylation sites (tertiary alicyclic amines) is 1. The van der Waals surface area contributed by atoms with Gasteiger partial charge in [-0.3, -0.25) is 9.59 Å². The topological polar surface area (TPSA) is 82.7 Å². The van der Waals surface area contributed by atoms with Crippen molar-refractivity contribution in [3.63, 3.8) is 0 Å². The van der Waals surface area contributed by atoms with Crippen LogP contribution in [-0.4, -0.2) is 59.1 Å². The van der Waals surface area contributed by atoms with Gasteiger partial charge in [-0.2, -0.15) is 0 Å². The van der Waals surface area contributed by atoms with E-state index in [9.17, 15) is 14.4 Å². The maximum Gasteiger partial charge on any atom is 0.410 e. The van der Waals surface area contributed by atoms with Crippen molar-refractivity contribution in [2.75, 3.05) is 26.7 Å². The molecule has 1 aromatic heterocycles. The molecule has 4 rings (SSSR count). The minimum atomic E-state index is -0.667. The number of likely N-dealkylation sites (N-methyl/N-ethyl adjacent to an activating group) is 1. The van der Waals surface area contributed by atoms with Gasteiger partial charge in [0.25, 0.3) is 5.91 Å². The number of nitrogens with zero attached hydrogens (tertiary/aromatic N) is 2. The second-order valence-electron chi connectivity index (χ2n) is 7.27. The van der Waals surface area contributed by atoms with Crippen molar-refractivity contribution in [2.24, 2.45) is 0 Å². The quantitative estimate of drug-likeness (QED) is 0.847. The highest BCUT2D eigenvalue weighted by Crippen LogP contribution is 2.31. The van der Waals surface area contributed by atoms with Crippen molar-refractivity contribution in [3.05, 3.63) is 45.7 Å². The summed E-state index contributed by atoms with van der Waals surface area (Å²) in [6.45, 7) is 3.24. The normalized spacial score (nSPS) is 22.9. The van der Waals surface area contributed by atoms with Gasteiger partial charge >= 0.3 is 6.09 Å². The lowest BCUT2D eigenvalue weighted by Crippen LogP contribution is -2.52. The van der Waals surface area contributed by atoms with Crippen molar-refractivity contribution in [1.82, 2.24) is 14.8 Å². The van der Waals surface area contributed by atoms with Gasteiger partial charge in [0, 0.05) is 25.2 Å². The predicted molar refractivity (Wildman–Crippen MR) is 96.3 cm³/mol. The Morgan fingerprint density at radius 1 is 1.27 bits per heavy atom. The van der Waals surface area contributed by atoms with Crippen LogP contribution in [0.15, 0.2) is 29.2 Å². The molecule has 0 saturated carbocycles. The summed E-state index contributed by atoms with van der Waals surface area (Å²) in [5, 5.41) is 0.509. The number of ether oxygens (including phenoxy) is 1. The first-order valence-corrected chi connectivity index (χ1v) is 8.75. The van der Waals surface area contributed by atoms with Gasteiger partial charge in [-0.05, 0) is 31.4 Å². The zero-order valence-electron chi connectivity index (χ0n) is 14.9. The number of aromatic nitrogens is 1. The van der Waals surface area contributed by atoms with E-state index in [-0.39, 0.29) is 23.0 Å². The average Bonchev–Trinajstić information content (AvgIpc) is 2.88. The largest absolute Gasteiger partial charge is 0.439 e. The van der Waals surface area contributed by atoms with Gasteiger partial charge in [0.15, 0.2) is 0 Å². The molecule has 0 aliphatic carbocycles. The molecule has 2 aliphatic rings. The molecule has 7 heteroatoms. The van der Waals surface area contributed by atoms with Crippen LogP contribution in [-0.2, 0) is 4.74 Å². The molecule has 1 atom stereocenters. The fraction of sp³-hybridized carbons (Fsp3) is 0.421. The Balaban J connectivity index is 1.66. The van der Waals surface area contributed by atoms with Crippen LogP contribution in [0.4, 0.5) is 4.79 Å². The second-order valence-corrected chi connectivity index (χ2v) is 7.27. The van der Waals surface area contributed by atoms with Crippen molar-refractivity contribution in [3.8, 4) is 0 Å². The number of rotatable bonds is 1. The standard InChI is InChI=1S/C19H21N3O4/c1-12-5-3-6-13-15(12)20-9-14(16(13)23)17(24)22-8-4-7-19(11-22)10-21(2)18(25)26-19/h3,5-6,9H,4,7-8,10-11H2,1-2H3,(H,20,23). The lowest BCUT2D eigenvalue weighted by molar-refractivity contribution is -0.00526. The van der Waals surface area contributed by atoms with Crippen LogP contribution in [0, 0.1) is 6.92 Å². The molecule has 1 N–H and O–H groups in total. The third kappa shape index (κ3) is 2.55. The molecule has 1 spiro atoms. The van der Waals surface area contributed by atoms with Crippen molar-refractivity contribution in [1.29, 1.82) is 0 Å². The maximum absolute atomic E-state index is 13.0. The zero-order valence-corrected chi connectivity index (χ0v) is 14.9. The molecule has 2 aromatic rings. The Hall–Kier alpha value is -2.83. The highest BCUT2D eigenvalue weighted by molar-refractivity contribution is 5.97. The number of hydrogen-bond donors (Lipinski definition) is 1. The molecule has 1 unspecified atom stereocenters. The fourth-order valence-electron chi connectivity index (χ4n) is 4.01. The number of nitrogens with one attached hydrogen (secondary N) is 1. The van der Waals surface area contributed by atoms with Crippen molar-refractivity contribution in [2.45, 2.75) is 25.4 Å². The van der Waals surface area contributed by atoms with E-state index in [1.165, 1.54) is 11.1 Å². The van der Waals surface area contributed by atoms with Crippen LogP contribution < -0.4 is 5.43 Å². The highest BCUT2D eigenvalue weighted by atomic mass is 16.6. The zero-order chi connectivity index (χ0) is 18.5. The van der Waals surface area contributed by atoms with E-state index < -0.39 is 5.60 Å². The number of piperidine rings is 1. The van der Waals surface area contributed by atoms with Gasteiger partial charge in [0.05, 0.1) is 18.6 Å². The number of carbonyl (C=O) groups excluding carboxylic acids is 2. The van der Waals surface area contributed by atoms with E-state index in [4.69, 9.17) is 4.74 Å². The third-order valence-electron chi connectivity index (χ3n) is 5.32. The molecule has 2 saturated heterocycles. The summed E-state index contributed by atoms with van der Waals surface area (Å²) in [6.07, 6.45) is 2.59. The van der Waals surface area contributed by atoms with Crippen LogP contribution >= 0.6 is 0 Å². The van der Waals surface area contributed by atoms with Crippen LogP contribution in [0.1, 0.15) is 28.8 Å². The van der Waals surface area contributed by atoms with Crippen molar-refractivity contribution >= 4 is 22.9 Å². The van der Waals surface area contributed by atoms with E-state index in [2.05, 4.69) is 4.98 Å². The molecule has 2 aliphatic heterocycles. The summed E-state index contributed by atoms with van der Waals surface area (Å²) in [4.78, 5) is 43.8. The summed E-state index contributed by atoms with van der Waals surface area (Å²) in [5.74, 6) is -0.320. The van der Waals surface area contributed by atoms with Gasteiger partial charge < -0.3 is 19.5 Å². The Kier molecular flexibility index (Phi) is 3.75. The Labute approximate surface area is 150 Å². The fourth-order valence-corrected chi connectivity index (χ4v) is 4.01. The molecule has 2 fully saturated rings. The van der Waals surface area contributed by atoms with E-state index in [1.54, 1.807) is 18.0 Å². The molecular weight excluding hydrogens is 334 g/mol. The number of H-pyrrole nitrogens is 1. The van der Waals surface area contributed by atoms with Crippen LogP contribution in [0.25, 0.3) is 10.9 Å². The molecule has 0 bridgehead atoms. The molecule has 3 heterocycles. The smallest absolute Gasteiger partial charge is 0.410 e. The maximum atomic E-state index is 13.0. The van der Waals surface area contributed by atoms with E-state index in [1.807, 2.05) is 19.1 Å². The van der Waals surface area contributed by atoms with Gasteiger partial charge in [0.2, 0.25) is 5.43 Å². The monoisotopic (exact) mass is 355 g/mol. The third-order valence-corrected chi connectivity index (χ3v) is 5.32. The summed E-state index contributed by atoms with van der Waals surface area (Å²) in [5.41, 5.74) is 0.886. The second kappa shape index (κ2) is 5.86. The summed E-state index contributed by atoms with van der Waals surface area (Å²) in [7, 11) is 1.69. The highest BCUT2D eigenvalue weighted by Gasteiger charge is 2.47. The molecule has 2 amide bonds. The van der Waals surface area contributed by atoms with E-state index >= 15 is 0 Å². The minimum Gasteiger partial charge on any atom is -0.439 e. The number of aryl methyl sites for hydroxylation is 1. The molecule has 1 aromatic carbocycles. The number of para-hydroxylation sites is 1. The Morgan fingerprint density at radius 2 is 2.08 bits per heavy atom. The number of amides is 2. The number of hydrogen-bond acceptors (Lipinski definition) is 4. The first-order chi connectivity index (χ1) is 12.4. The Morgan fingerprint density at radius 3 is 2.81 bits per heavy atom. The molecule has 26 heavy (non-hydrogen) atoms. The number of pyridine rings is 1. The average molecular weight is 355 g/mol. The molecule has 7 nitrogen and oxygen atoms in total.